The van der Waals surface area contributed by atoms with Crippen molar-refractivity contribution in [2.75, 3.05) is 38.3 Å². The number of nitro groups is 1. The van der Waals surface area contributed by atoms with E-state index < -0.39 is 4.92 Å². The summed E-state index contributed by atoms with van der Waals surface area (Å²) in [7, 11) is 1.44. The number of anilines is 1. The van der Waals surface area contributed by atoms with Gasteiger partial charge in [-0.1, -0.05) is 0 Å². The van der Waals surface area contributed by atoms with Gasteiger partial charge in [0.2, 0.25) is 0 Å². The first-order chi connectivity index (χ1) is 9.19. The molecule has 1 fully saturated rings. The van der Waals surface area contributed by atoms with Crippen LogP contribution >= 0.6 is 0 Å². The van der Waals surface area contributed by atoms with Gasteiger partial charge in [-0.3, -0.25) is 10.1 Å². The van der Waals surface area contributed by atoms with E-state index in [1.165, 1.54) is 19.2 Å². The van der Waals surface area contributed by atoms with Crippen molar-refractivity contribution in [1.82, 2.24) is 0 Å². The van der Waals surface area contributed by atoms with Gasteiger partial charge in [0.25, 0.3) is 5.69 Å². The van der Waals surface area contributed by atoms with Crippen LogP contribution in [0.1, 0.15) is 5.56 Å². The standard InChI is InChI=1S/C12H13N3O4/c1-18-11-3-2-10(15(16)17)12(9(11)8-13)14-4-6-19-7-5-14/h2-3H,4-7H2,1H3. The molecule has 7 nitrogen and oxygen atoms in total. The second kappa shape index (κ2) is 5.54. The van der Waals surface area contributed by atoms with Gasteiger partial charge in [0.1, 0.15) is 23.1 Å². The van der Waals surface area contributed by atoms with Crippen LogP contribution in [-0.4, -0.2) is 38.3 Å². The van der Waals surface area contributed by atoms with E-state index >= 15 is 0 Å². The molecule has 0 saturated carbocycles. The number of nitro benzene ring substituents is 1. The molecular weight excluding hydrogens is 250 g/mol. The summed E-state index contributed by atoms with van der Waals surface area (Å²) in [5, 5.41) is 20.4. The zero-order valence-electron chi connectivity index (χ0n) is 10.5. The number of hydrogen-bond donors (Lipinski definition) is 0. The van der Waals surface area contributed by atoms with Crippen LogP contribution in [0.3, 0.4) is 0 Å². The van der Waals surface area contributed by atoms with Gasteiger partial charge in [0, 0.05) is 19.2 Å². The van der Waals surface area contributed by atoms with Crippen LogP contribution in [0.15, 0.2) is 12.1 Å². The Labute approximate surface area is 110 Å². The normalized spacial score (nSPS) is 14.8. The summed E-state index contributed by atoms with van der Waals surface area (Å²) in [6, 6.07) is 4.81. The van der Waals surface area contributed by atoms with Crippen molar-refractivity contribution in [3.05, 3.63) is 27.8 Å². The highest BCUT2D eigenvalue weighted by Gasteiger charge is 2.27. The fraction of sp³-hybridized carbons (Fsp3) is 0.417. The number of morpholine rings is 1. The van der Waals surface area contributed by atoms with Gasteiger partial charge in [0.15, 0.2) is 0 Å². The first-order valence-corrected chi connectivity index (χ1v) is 5.77. The van der Waals surface area contributed by atoms with Crippen LogP contribution in [0.5, 0.6) is 5.75 Å². The molecule has 2 rings (SSSR count). The summed E-state index contributed by atoms with van der Waals surface area (Å²) in [6.45, 7) is 2.00. The van der Waals surface area contributed by atoms with Gasteiger partial charge in [-0.05, 0) is 6.07 Å². The summed E-state index contributed by atoms with van der Waals surface area (Å²) >= 11 is 0. The van der Waals surface area contributed by atoms with E-state index in [9.17, 15) is 15.4 Å². The Morgan fingerprint density at radius 3 is 2.68 bits per heavy atom. The van der Waals surface area contributed by atoms with Crippen molar-refractivity contribution in [2.24, 2.45) is 0 Å². The zero-order chi connectivity index (χ0) is 13.8. The van der Waals surface area contributed by atoms with Crippen LogP contribution in [0.2, 0.25) is 0 Å². The summed E-state index contributed by atoms with van der Waals surface area (Å²) < 4.78 is 10.3. The molecule has 1 saturated heterocycles. The molecule has 1 heterocycles. The van der Waals surface area contributed by atoms with E-state index in [0.29, 0.717) is 37.7 Å². The SMILES string of the molecule is COc1ccc([N+](=O)[O-])c(N2CCOCC2)c1C#N. The molecule has 0 aliphatic carbocycles. The topological polar surface area (TPSA) is 88.6 Å². The van der Waals surface area contributed by atoms with E-state index in [2.05, 4.69) is 0 Å². The summed E-state index contributed by atoms with van der Waals surface area (Å²) in [6.07, 6.45) is 0. The van der Waals surface area contributed by atoms with Crippen LogP contribution in [-0.2, 0) is 4.74 Å². The molecule has 1 aromatic carbocycles. The number of methoxy groups -OCH3 is 1. The third-order valence-electron chi connectivity index (χ3n) is 2.97. The van der Waals surface area contributed by atoms with Crippen LogP contribution in [0.4, 0.5) is 11.4 Å². The third kappa shape index (κ3) is 2.44. The minimum absolute atomic E-state index is 0.0840. The van der Waals surface area contributed by atoms with Crippen molar-refractivity contribution >= 4 is 11.4 Å². The molecule has 0 amide bonds. The Balaban J connectivity index is 2.58. The van der Waals surface area contributed by atoms with Crippen molar-refractivity contribution < 1.29 is 14.4 Å². The predicted octanol–water partition coefficient (Wildman–Crippen LogP) is 1.31. The Bertz CT molecular complexity index is 533. The van der Waals surface area contributed by atoms with E-state index in [1.807, 2.05) is 6.07 Å². The lowest BCUT2D eigenvalue weighted by Crippen LogP contribution is -2.37. The molecule has 7 heteroatoms. The van der Waals surface area contributed by atoms with Gasteiger partial charge in [-0.15, -0.1) is 0 Å². The maximum absolute atomic E-state index is 11.1. The van der Waals surface area contributed by atoms with Gasteiger partial charge in [0.05, 0.1) is 25.2 Å². The first kappa shape index (κ1) is 13.1. The van der Waals surface area contributed by atoms with Crippen molar-refractivity contribution in [2.45, 2.75) is 0 Å². The highest BCUT2D eigenvalue weighted by Crippen LogP contribution is 2.37. The van der Waals surface area contributed by atoms with Crippen LogP contribution < -0.4 is 9.64 Å². The molecule has 100 valence electrons. The number of rotatable bonds is 3. The van der Waals surface area contributed by atoms with Gasteiger partial charge in [-0.2, -0.15) is 5.26 Å². The Kier molecular flexibility index (Phi) is 3.82. The largest absolute Gasteiger partial charge is 0.495 e. The average molecular weight is 263 g/mol. The van der Waals surface area contributed by atoms with E-state index in [4.69, 9.17) is 9.47 Å². The lowest BCUT2D eigenvalue weighted by molar-refractivity contribution is -0.384. The number of nitriles is 1. The number of hydrogen-bond acceptors (Lipinski definition) is 6. The third-order valence-corrected chi connectivity index (χ3v) is 2.97. The minimum Gasteiger partial charge on any atom is -0.495 e. The van der Waals surface area contributed by atoms with E-state index in [0.717, 1.165) is 0 Å². The number of ether oxygens (including phenoxy) is 2. The quantitative estimate of drug-likeness (QED) is 0.603. The maximum Gasteiger partial charge on any atom is 0.294 e. The van der Waals surface area contributed by atoms with E-state index in [-0.39, 0.29) is 11.3 Å². The van der Waals surface area contributed by atoms with Gasteiger partial charge >= 0.3 is 0 Å². The second-order valence-corrected chi connectivity index (χ2v) is 3.98. The summed E-state index contributed by atoms with van der Waals surface area (Å²) in [4.78, 5) is 12.4. The Hall–Kier alpha value is -2.33. The second-order valence-electron chi connectivity index (χ2n) is 3.98. The molecule has 0 radical (unpaired) electrons. The molecule has 1 aliphatic heterocycles. The fourth-order valence-corrected chi connectivity index (χ4v) is 2.09. The first-order valence-electron chi connectivity index (χ1n) is 5.77. The lowest BCUT2D eigenvalue weighted by atomic mass is 10.1. The van der Waals surface area contributed by atoms with Crippen molar-refractivity contribution in [1.29, 1.82) is 5.26 Å². The molecule has 19 heavy (non-hydrogen) atoms. The fourth-order valence-electron chi connectivity index (χ4n) is 2.09. The van der Waals surface area contributed by atoms with Crippen molar-refractivity contribution in [3.8, 4) is 11.8 Å². The molecule has 1 aliphatic rings. The average Bonchev–Trinajstić information content (AvgIpc) is 2.46. The zero-order valence-corrected chi connectivity index (χ0v) is 10.5. The molecular formula is C12H13N3O4. The monoisotopic (exact) mass is 263 g/mol. The van der Waals surface area contributed by atoms with Gasteiger partial charge in [-0.25, -0.2) is 0 Å². The number of nitrogens with zero attached hydrogens (tertiary/aromatic N) is 3. The molecule has 0 aromatic heterocycles. The minimum atomic E-state index is -0.481. The maximum atomic E-state index is 11.1. The highest BCUT2D eigenvalue weighted by atomic mass is 16.6. The summed E-state index contributed by atoms with van der Waals surface area (Å²) in [5.74, 6) is 0.342. The van der Waals surface area contributed by atoms with Crippen molar-refractivity contribution in [3.63, 3.8) is 0 Å². The Morgan fingerprint density at radius 1 is 1.47 bits per heavy atom. The highest BCUT2D eigenvalue weighted by molar-refractivity contribution is 5.75. The molecule has 0 unspecified atom stereocenters. The summed E-state index contributed by atoms with van der Waals surface area (Å²) in [5.41, 5.74) is 0.424. The van der Waals surface area contributed by atoms with Crippen LogP contribution in [0, 0.1) is 21.4 Å². The molecule has 0 N–H and O–H groups in total. The van der Waals surface area contributed by atoms with Crippen LogP contribution in [0.25, 0.3) is 0 Å². The smallest absolute Gasteiger partial charge is 0.294 e. The molecule has 0 bridgehead atoms. The predicted molar refractivity (Wildman–Crippen MR) is 67.4 cm³/mol. The Morgan fingerprint density at radius 2 is 2.16 bits per heavy atom. The van der Waals surface area contributed by atoms with E-state index in [1.54, 1.807) is 4.90 Å². The lowest BCUT2D eigenvalue weighted by Gasteiger charge is -2.29. The van der Waals surface area contributed by atoms with Gasteiger partial charge < -0.3 is 14.4 Å². The number of benzene rings is 1. The molecule has 1 aromatic rings. The molecule has 0 atom stereocenters. The molecule has 0 spiro atoms.